The highest BCUT2D eigenvalue weighted by molar-refractivity contribution is 5.25. The molecule has 2 aromatic carbocycles. The third-order valence-corrected chi connectivity index (χ3v) is 4.93. The van der Waals surface area contributed by atoms with E-state index in [0.29, 0.717) is 13.0 Å². The van der Waals surface area contributed by atoms with Gasteiger partial charge in [-0.1, -0.05) is 55.1 Å². The number of likely N-dealkylation sites (tertiary alicyclic amines) is 1. The molecule has 0 amide bonds. The molecule has 0 spiro atoms. The first kappa shape index (κ1) is 17.7. The molecule has 0 aliphatic carbocycles. The molecule has 0 bridgehead atoms. The quantitative estimate of drug-likeness (QED) is 0.802. The maximum atomic E-state index is 11.5. The van der Waals surface area contributed by atoms with Crippen molar-refractivity contribution in [3.05, 3.63) is 78.4 Å². The van der Waals surface area contributed by atoms with Crippen LogP contribution in [0.15, 0.2) is 72.8 Å². The molecule has 0 radical (unpaired) electrons. The van der Waals surface area contributed by atoms with E-state index in [-0.39, 0.29) is 6.04 Å². The lowest BCUT2D eigenvalue weighted by atomic mass is 9.77. The van der Waals surface area contributed by atoms with E-state index in [4.69, 9.17) is 4.74 Å². The van der Waals surface area contributed by atoms with E-state index < -0.39 is 5.60 Å². The van der Waals surface area contributed by atoms with Gasteiger partial charge in [0.05, 0.1) is 11.6 Å². The molecule has 1 fully saturated rings. The van der Waals surface area contributed by atoms with Crippen LogP contribution in [0.5, 0.6) is 5.75 Å². The van der Waals surface area contributed by atoms with Crippen LogP contribution in [0.1, 0.15) is 30.9 Å². The predicted molar refractivity (Wildman–Crippen MR) is 102 cm³/mol. The Morgan fingerprint density at radius 1 is 1.16 bits per heavy atom. The normalized spacial score (nSPS) is 24.0. The van der Waals surface area contributed by atoms with E-state index in [1.807, 2.05) is 48.5 Å². The molecule has 3 rings (SSSR count). The lowest BCUT2D eigenvalue weighted by Crippen LogP contribution is -2.49. The van der Waals surface area contributed by atoms with Crippen LogP contribution in [-0.2, 0) is 0 Å². The van der Waals surface area contributed by atoms with E-state index >= 15 is 0 Å². The highest BCUT2D eigenvalue weighted by atomic mass is 16.5. The number of aliphatic hydroxyl groups is 1. The molecule has 3 nitrogen and oxygen atoms in total. The molecule has 25 heavy (non-hydrogen) atoms. The van der Waals surface area contributed by atoms with Crippen LogP contribution in [0.4, 0.5) is 0 Å². The summed E-state index contributed by atoms with van der Waals surface area (Å²) in [4.78, 5) is 2.25. The molecule has 2 unspecified atom stereocenters. The number of hydrogen-bond donors (Lipinski definition) is 1. The third-order valence-electron chi connectivity index (χ3n) is 4.93. The molecule has 3 heteroatoms. The van der Waals surface area contributed by atoms with Gasteiger partial charge in [-0.15, -0.1) is 0 Å². The van der Waals surface area contributed by atoms with Crippen LogP contribution < -0.4 is 4.74 Å². The van der Waals surface area contributed by atoms with Crippen molar-refractivity contribution in [3.63, 3.8) is 0 Å². The summed E-state index contributed by atoms with van der Waals surface area (Å²) in [6.07, 6.45) is 2.31. The summed E-state index contributed by atoms with van der Waals surface area (Å²) in [5.74, 6) is 0.830. The highest BCUT2D eigenvalue weighted by Crippen LogP contribution is 2.41. The van der Waals surface area contributed by atoms with Gasteiger partial charge >= 0.3 is 0 Å². The Labute approximate surface area is 150 Å². The number of hydrogen-bond acceptors (Lipinski definition) is 3. The number of benzene rings is 2. The first-order valence-corrected chi connectivity index (χ1v) is 8.90. The molecule has 2 aromatic rings. The first-order chi connectivity index (χ1) is 12.1. The summed E-state index contributed by atoms with van der Waals surface area (Å²) < 4.78 is 5.80. The standard InChI is InChI=1S/C22H27NO2/c1-18(17-25-20-12-7-4-8-13-20)16-22(24)14-9-15-23(2)21(22)19-10-5-3-6-11-19/h3-8,10-13,21,24H,1,9,14-17H2,2H3. The number of nitrogens with zero attached hydrogens (tertiary/aromatic N) is 1. The molecule has 132 valence electrons. The third kappa shape index (κ3) is 4.30. The number of para-hydroxylation sites is 1. The molecule has 1 aliphatic heterocycles. The van der Waals surface area contributed by atoms with Gasteiger partial charge in [-0.3, -0.25) is 4.90 Å². The van der Waals surface area contributed by atoms with Crippen LogP contribution in [0.3, 0.4) is 0 Å². The van der Waals surface area contributed by atoms with Crippen molar-refractivity contribution in [2.45, 2.75) is 30.9 Å². The van der Waals surface area contributed by atoms with Crippen LogP contribution in [0, 0.1) is 0 Å². The Kier molecular flexibility index (Phi) is 5.57. The van der Waals surface area contributed by atoms with Gasteiger partial charge in [0.15, 0.2) is 0 Å². The fourth-order valence-corrected chi connectivity index (χ4v) is 3.88. The van der Waals surface area contributed by atoms with Crippen molar-refractivity contribution in [3.8, 4) is 5.75 Å². The fraction of sp³-hybridized carbons (Fsp3) is 0.364. The monoisotopic (exact) mass is 337 g/mol. The zero-order valence-electron chi connectivity index (χ0n) is 14.9. The average molecular weight is 337 g/mol. The molecular formula is C22H27NO2. The maximum Gasteiger partial charge on any atom is 0.119 e. The lowest BCUT2D eigenvalue weighted by molar-refractivity contribution is -0.0749. The van der Waals surface area contributed by atoms with Gasteiger partial charge in [0.1, 0.15) is 12.4 Å². The summed E-state index contributed by atoms with van der Waals surface area (Å²) in [5, 5.41) is 11.5. The Morgan fingerprint density at radius 2 is 1.80 bits per heavy atom. The fourth-order valence-electron chi connectivity index (χ4n) is 3.88. The minimum absolute atomic E-state index is 0.0177. The van der Waals surface area contributed by atoms with Gasteiger partial charge < -0.3 is 9.84 Å². The van der Waals surface area contributed by atoms with Gasteiger partial charge in [0.2, 0.25) is 0 Å². The lowest BCUT2D eigenvalue weighted by Gasteiger charge is -2.46. The summed E-state index contributed by atoms with van der Waals surface area (Å²) in [6.45, 7) is 5.58. The first-order valence-electron chi connectivity index (χ1n) is 8.90. The SMILES string of the molecule is C=C(COc1ccccc1)CC1(O)CCCN(C)C1c1ccccc1. The van der Waals surface area contributed by atoms with Gasteiger partial charge in [-0.2, -0.15) is 0 Å². The smallest absolute Gasteiger partial charge is 0.119 e. The van der Waals surface area contributed by atoms with Crippen LogP contribution in [0.25, 0.3) is 0 Å². The number of rotatable bonds is 6. The van der Waals surface area contributed by atoms with Crippen molar-refractivity contribution in [1.29, 1.82) is 0 Å². The average Bonchev–Trinajstić information content (AvgIpc) is 2.61. The minimum Gasteiger partial charge on any atom is -0.489 e. The molecule has 1 aliphatic rings. The molecule has 1 saturated heterocycles. The van der Waals surface area contributed by atoms with Crippen molar-refractivity contribution in [2.24, 2.45) is 0 Å². The second-order valence-corrected chi connectivity index (χ2v) is 7.03. The number of piperidine rings is 1. The largest absolute Gasteiger partial charge is 0.489 e. The molecule has 2 atom stereocenters. The van der Waals surface area contributed by atoms with Crippen LogP contribution in [-0.4, -0.2) is 35.8 Å². The van der Waals surface area contributed by atoms with Crippen molar-refractivity contribution in [1.82, 2.24) is 4.90 Å². The van der Waals surface area contributed by atoms with Gasteiger partial charge in [0.25, 0.3) is 0 Å². The summed E-state index contributed by atoms with van der Waals surface area (Å²) >= 11 is 0. The molecule has 1 heterocycles. The van der Waals surface area contributed by atoms with E-state index in [9.17, 15) is 5.11 Å². The van der Waals surface area contributed by atoms with E-state index in [0.717, 1.165) is 36.3 Å². The second kappa shape index (κ2) is 7.85. The topological polar surface area (TPSA) is 32.7 Å². The zero-order valence-corrected chi connectivity index (χ0v) is 14.9. The Bertz CT molecular complexity index is 686. The Balaban J connectivity index is 1.70. The molecule has 0 aromatic heterocycles. The molecular weight excluding hydrogens is 310 g/mol. The van der Waals surface area contributed by atoms with Crippen LogP contribution in [0.2, 0.25) is 0 Å². The van der Waals surface area contributed by atoms with Crippen molar-refractivity contribution >= 4 is 0 Å². The molecule has 1 N–H and O–H groups in total. The second-order valence-electron chi connectivity index (χ2n) is 7.03. The van der Waals surface area contributed by atoms with E-state index in [1.54, 1.807) is 0 Å². The van der Waals surface area contributed by atoms with Gasteiger partial charge in [-0.25, -0.2) is 0 Å². The van der Waals surface area contributed by atoms with Crippen molar-refractivity contribution < 1.29 is 9.84 Å². The van der Waals surface area contributed by atoms with E-state index in [1.165, 1.54) is 0 Å². The highest BCUT2D eigenvalue weighted by Gasteiger charge is 2.42. The number of likely N-dealkylation sites (N-methyl/N-ethyl adjacent to an activating group) is 1. The zero-order chi connectivity index (χ0) is 17.7. The number of ether oxygens (including phenoxy) is 1. The Morgan fingerprint density at radius 3 is 2.48 bits per heavy atom. The van der Waals surface area contributed by atoms with Crippen LogP contribution >= 0.6 is 0 Å². The van der Waals surface area contributed by atoms with E-state index in [2.05, 4.69) is 30.7 Å². The summed E-state index contributed by atoms with van der Waals surface area (Å²) in [6, 6.07) is 20.0. The predicted octanol–water partition coefficient (Wildman–Crippen LogP) is 4.21. The van der Waals surface area contributed by atoms with Crippen molar-refractivity contribution in [2.75, 3.05) is 20.2 Å². The molecule has 0 saturated carbocycles. The summed E-state index contributed by atoms with van der Waals surface area (Å²) in [7, 11) is 2.09. The Hall–Kier alpha value is -2.10. The maximum absolute atomic E-state index is 11.5. The summed E-state index contributed by atoms with van der Waals surface area (Å²) in [5.41, 5.74) is 1.26. The minimum atomic E-state index is -0.814. The van der Waals surface area contributed by atoms with Gasteiger partial charge in [0, 0.05) is 6.42 Å². The van der Waals surface area contributed by atoms with Gasteiger partial charge in [-0.05, 0) is 49.7 Å².